The van der Waals surface area contributed by atoms with E-state index in [-0.39, 0.29) is 5.82 Å². The second-order valence-electron chi connectivity index (χ2n) is 4.51. The van der Waals surface area contributed by atoms with Crippen molar-refractivity contribution in [3.63, 3.8) is 0 Å². The van der Waals surface area contributed by atoms with E-state index in [0.717, 1.165) is 0 Å². The zero-order chi connectivity index (χ0) is 15.7. The van der Waals surface area contributed by atoms with E-state index < -0.39 is 12.0 Å². The Morgan fingerprint density at radius 1 is 0.909 bits per heavy atom. The molecule has 0 unspecified atom stereocenters. The first-order valence-corrected chi connectivity index (χ1v) is 6.68. The highest BCUT2D eigenvalue weighted by atomic mass is 35.5. The van der Waals surface area contributed by atoms with E-state index in [4.69, 9.17) is 11.6 Å². The number of hydrogen-bond donors (Lipinski definition) is 0. The van der Waals surface area contributed by atoms with Gasteiger partial charge in [-0.05, 0) is 36.4 Å². The summed E-state index contributed by atoms with van der Waals surface area (Å²) in [7, 11) is 0. The van der Waals surface area contributed by atoms with Crippen LogP contribution in [-0.4, -0.2) is 14.8 Å². The normalized spacial score (nSPS) is 11.6. The highest BCUT2D eigenvalue weighted by Crippen LogP contribution is 2.30. The topological polar surface area (TPSA) is 30.7 Å². The van der Waals surface area contributed by atoms with Gasteiger partial charge in [-0.2, -0.15) is 13.2 Å². The number of nitrogens with zero attached hydrogens (tertiary/aromatic N) is 3. The van der Waals surface area contributed by atoms with Gasteiger partial charge in [-0.15, -0.1) is 5.10 Å². The van der Waals surface area contributed by atoms with Crippen molar-refractivity contribution in [1.29, 1.82) is 0 Å². The van der Waals surface area contributed by atoms with E-state index in [0.29, 0.717) is 16.3 Å². The highest BCUT2D eigenvalue weighted by Gasteiger charge is 2.37. The molecule has 0 amide bonds. The van der Waals surface area contributed by atoms with E-state index in [1.807, 2.05) is 0 Å². The second kappa shape index (κ2) is 5.46. The SMILES string of the molecule is FC(F)(F)c1nc(-c2ccc(Cl)cc2)n(-c2ccccc2)n1. The molecular weight excluding hydrogens is 315 g/mol. The molecule has 7 heteroatoms. The molecule has 0 aliphatic carbocycles. The zero-order valence-electron chi connectivity index (χ0n) is 11.0. The molecule has 0 saturated heterocycles. The molecule has 0 radical (unpaired) electrons. The third-order valence-electron chi connectivity index (χ3n) is 2.96. The van der Waals surface area contributed by atoms with Crippen LogP contribution in [0, 0.1) is 0 Å². The summed E-state index contributed by atoms with van der Waals surface area (Å²) in [4.78, 5) is 3.64. The van der Waals surface area contributed by atoms with Crippen molar-refractivity contribution in [2.45, 2.75) is 6.18 Å². The fraction of sp³-hybridized carbons (Fsp3) is 0.0667. The standard InChI is InChI=1S/C15H9ClF3N3/c16-11-8-6-10(7-9-11)13-20-14(15(17,18)19)21-22(13)12-4-2-1-3-5-12/h1-9H. The summed E-state index contributed by atoms with van der Waals surface area (Å²) in [5.41, 5.74) is 0.992. The molecule has 22 heavy (non-hydrogen) atoms. The van der Waals surface area contributed by atoms with Crippen LogP contribution >= 0.6 is 11.6 Å². The van der Waals surface area contributed by atoms with Crippen molar-refractivity contribution in [1.82, 2.24) is 14.8 Å². The third kappa shape index (κ3) is 2.82. The Morgan fingerprint density at radius 3 is 2.14 bits per heavy atom. The van der Waals surface area contributed by atoms with E-state index in [1.165, 1.54) is 4.68 Å². The summed E-state index contributed by atoms with van der Waals surface area (Å²) >= 11 is 5.81. The average molecular weight is 324 g/mol. The average Bonchev–Trinajstić information content (AvgIpc) is 2.94. The summed E-state index contributed by atoms with van der Waals surface area (Å²) in [6.45, 7) is 0. The molecule has 112 valence electrons. The number of benzene rings is 2. The lowest BCUT2D eigenvalue weighted by Crippen LogP contribution is -2.08. The summed E-state index contributed by atoms with van der Waals surface area (Å²) < 4.78 is 39.9. The molecule has 1 aromatic heterocycles. The maximum atomic E-state index is 12.9. The molecular formula is C15H9ClF3N3. The largest absolute Gasteiger partial charge is 0.453 e. The number of rotatable bonds is 2. The molecule has 3 rings (SSSR count). The Bertz CT molecular complexity index is 780. The van der Waals surface area contributed by atoms with Gasteiger partial charge in [-0.25, -0.2) is 9.67 Å². The van der Waals surface area contributed by atoms with Crippen molar-refractivity contribution in [2.75, 3.05) is 0 Å². The summed E-state index contributed by atoms with van der Waals surface area (Å²) in [5, 5.41) is 4.09. The number of halogens is 4. The summed E-state index contributed by atoms with van der Waals surface area (Å²) in [5.74, 6) is -1.07. The van der Waals surface area contributed by atoms with Crippen LogP contribution < -0.4 is 0 Å². The van der Waals surface area contributed by atoms with E-state index in [1.54, 1.807) is 54.6 Å². The Labute approximate surface area is 129 Å². The molecule has 0 aliphatic heterocycles. The third-order valence-corrected chi connectivity index (χ3v) is 3.22. The van der Waals surface area contributed by atoms with Crippen LogP contribution in [0.5, 0.6) is 0 Å². The van der Waals surface area contributed by atoms with E-state index in [9.17, 15) is 13.2 Å². The molecule has 0 fully saturated rings. The van der Waals surface area contributed by atoms with Crippen molar-refractivity contribution in [2.24, 2.45) is 0 Å². The molecule has 0 N–H and O–H groups in total. The number of aromatic nitrogens is 3. The van der Waals surface area contributed by atoms with Gasteiger partial charge in [-0.3, -0.25) is 0 Å². The van der Waals surface area contributed by atoms with Gasteiger partial charge in [0.05, 0.1) is 5.69 Å². The van der Waals surface area contributed by atoms with Gasteiger partial charge < -0.3 is 0 Å². The molecule has 3 aromatic rings. The van der Waals surface area contributed by atoms with E-state index in [2.05, 4.69) is 10.1 Å². The van der Waals surface area contributed by atoms with Crippen molar-refractivity contribution in [3.8, 4) is 17.1 Å². The van der Waals surface area contributed by atoms with Crippen LogP contribution in [0.2, 0.25) is 5.02 Å². The van der Waals surface area contributed by atoms with Crippen LogP contribution in [0.15, 0.2) is 54.6 Å². The van der Waals surface area contributed by atoms with Crippen LogP contribution in [0.1, 0.15) is 5.82 Å². The fourth-order valence-corrected chi connectivity index (χ4v) is 2.09. The smallest absolute Gasteiger partial charge is 0.213 e. The van der Waals surface area contributed by atoms with Gasteiger partial charge in [0.1, 0.15) is 0 Å². The molecule has 0 saturated carbocycles. The lowest BCUT2D eigenvalue weighted by atomic mass is 10.2. The Hall–Kier alpha value is -2.34. The molecule has 0 bridgehead atoms. The van der Waals surface area contributed by atoms with Crippen LogP contribution in [-0.2, 0) is 6.18 Å². The fourth-order valence-electron chi connectivity index (χ4n) is 1.97. The van der Waals surface area contributed by atoms with E-state index >= 15 is 0 Å². The molecule has 0 atom stereocenters. The van der Waals surface area contributed by atoms with Crippen LogP contribution in [0.4, 0.5) is 13.2 Å². The van der Waals surface area contributed by atoms with Crippen molar-refractivity contribution >= 4 is 11.6 Å². The maximum Gasteiger partial charge on any atom is 0.453 e. The number of alkyl halides is 3. The second-order valence-corrected chi connectivity index (χ2v) is 4.95. The lowest BCUT2D eigenvalue weighted by Gasteiger charge is -2.05. The number of para-hydroxylation sites is 1. The monoisotopic (exact) mass is 323 g/mol. The first-order chi connectivity index (χ1) is 10.4. The maximum absolute atomic E-state index is 12.9. The van der Waals surface area contributed by atoms with Crippen LogP contribution in [0.25, 0.3) is 17.1 Å². The molecule has 2 aromatic carbocycles. The molecule has 3 nitrogen and oxygen atoms in total. The predicted molar refractivity (Wildman–Crippen MR) is 76.8 cm³/mol. The minimum atomic E-state index is -4.61. The lowest BCUT2D eigenvalue weighted by molar-refractivity contribution is -0.144. The Morgan fingerprint density at radius 2 is 1.55 bits per heavy atom. The van der Waals surface area contributed by atoms with Gasteiger partial charge in [0.2, 0.25) is 0 Å². The summed E-state index contributed by atoms with van der Waals surface area (Å²) in [6, 6.07) is 14.9. The predicted octanol–water partition coefficient (Wildman–Crippen LogP) is 4.61. The van der Waals surface area contributed by atoms with Crippen molar-refractivity contribution in [3.05, 3.63) is 65.4 Å². The van der Waals surface area contributed by atoms with Gasteiger partial charge in [0.25, 0.3) is 5.82 Å². The van der Waals surface area contributed by atoms with Gasteiger partial charge in [0.15, 0.2) is 5.82 Å². The number of hydrogen-bond acceptors (Lipinski definition) is 2. The molecule has 0 aliphatic rings. The summed E-state index contributed by atoms with van der Waals surface area (Å²) in [6.07, 6.45) is -4.61. The van der Waals surface area contributed by atoms with Gasteiger partial charge in [0, 0.05) is 10.6 Å². The molecule has 0 spiro atoms. The van der Waals surface area contributed by atoms with Gasteiger partial charge >= 0.3 is 6.18 Å². The highest BCUT2D eigenvalue weighted by molar-refractivity contribution is 6.30. The zero-order valence-corrected chi connectivity index (χ0v) is 11.8. The quantitative estimate of drug-likeness (QED) is 0.689. The van der Waals surface area contributed by atoms with Crippen molar-refractivity contribution < 1.29 is 13.2 Å². The molecule has 1 heterocycles. The minimum Gasteiger partial charge on any atom is -0.213 e. The first kappa shape index (κ1) is 14.6. The Balaban J connectivity index is 2.19. The first-order valence-electron chi connectivity index (χ1n) is 6.31. The minimum absolute atomic E-state index is 0.107. The van der Waals surface area contributed by atoms with Crippen LogP contribution in [0.3, 0.4) is 0 Å². The van der Waals surface area contributed by atoms with Gasteiger partial charge in [-0.1, -0.05) is 29.8 Å². The Kier molecular flexibility index (Phi) is 3.62.